The molecule has 5 heteroatoms. The third kappa shape index (κ3) is 2.62. The van der Waals surface area contributed by atoms with Crippen LogP contribution in [0.1, 0.15) is 36.2 Å². The lowest BCUT2D eigenvalue weighted by Crippen LogP contribution is -2.37. The van der Waals surface area contributed by atoms with Crippen LogP contribution in [-0.4, -0.2) is 22.7 Å². The minimum absolute atomic E-state index is 0.129. The summed E-state index contributed by atoms with van der Waals surface area (Å²) in [5.74, 6) is 0.171. The van der Waals surface area contributed by atoms with Crippen molar-refractivity contribution in [3.8, 4) is 0 Å². The summed E-state index contributed by atoms with van der Waals surface area (Å²) in [5.41, 5.74) is 2.11. The summed E-state index contributed by atoms with van der Waals surface area (Å²) in [5, 5.41) is 4.62. The summed E-state index contributed by atoms with van der Waals surface area (Å²) >= 11 is 1.40. The maximum atomic E-state index is 11.6. The largest absolute Gasteiger partial charge is 0.348 e. The van der Waals surface area contributed by atoms with Crippen LogP contribution in [0.5, 0.6) is 0 Å². The Morgan fingerprint density at radius 2 is 2.20 bits per heavy atom. The van der Waals surface area contributed by atoms with E-state index in [1.165, 1.54) is 11.3 Å². The van der Waals surface area contributed by atoms with Crippen molar-refractivity contribution in [2.24, 2.45) is 0 Å². The first-order valence-electron chi connectivity index (χ1n) is 4.96. The summed E-state index contributed by atoms with van der Waals surface area (Å²) in [6.45, 7) is 0. The minimum atomic E-state index is -0.129. The zero-order valence-corrected chi connectivity index (χ0v) is 9.05. The van der Waals surface area contributed by atoms with Crippen LogP contribution in [0.15, 0.2) is 10.9 Å². The van der Waals surface area contributed by atoms with Gasteiger partial charge < -0.3 is 5.32 Å². The highest BCUT2D eigenvalue weighted by Gasteiger charge is 2.21. The second kappa shape index (κ2) is 4.53. The fourth-order valence-corrected chi connectivity index (χ4v) is 2.20. The number of rotatable bonds is 2. The zero-order valence-electron chi connectivity index (χ0n) is 8.23. The Bertz CT molecular complexity index is 352. The maximum Gasteiger partial charge on any atom is 0.270 e. The van der Waals surface area contributed by atoms with Crippen molar-refractivity contribution in [1.82, 2.24) is 10.3 Å². The SMILES string of the molecule is O=C1CCC(NC(=O)c2cscn2)CC1. The Balaban J connectivity index is 1.87. The van der Waals surface area contributed by atoms with Crippen molar-refractivity contribution < 1.29 is 9.59 Å². The van der Waals surface area contributed by atoms with Crippen LogP contribution in [0.25, 0.3) is 0 Å². The number of aromatic nitrogens is 1. The number of carbonyl (C=O) groups excluding carboxylic acids is 2. The lowest BCUT2D eigenvalue weighted by molar-refractivity contribution is -0.120. The van der Waals surface area contributed by atoms with Crippen molar-refractivity contribution in [2.45, 2.75) is 31.7 Å². The Labute approximate surface area is 91.7 Å². The third-order valence-electron chi connectivity index (χ3n) is 2.54. The number of nitrogens with zero attached hydrogens (tertiary/aromatic N) is 1. The number of carbonyl (C=O) groups is 2. The van der Waals surface area contributed by atoms with E-state index in [0.29, 0.717) is 24.3 Å². The summed E-state index contributed by atoms with van der Waals surface area (Å²) in [6, 6.07) is 0.136. The van der Waals surface area contributed by atoms with Crippen molar-refractivity contribution in [1.29, 1.82) is 0 Å². The minimum Gasteiger partial charge on any atom is -0.348 e. The molecule has 1 amide bonds. The van der Waals surface area contributed by atoms with Gasteiger partial charge in [-0.3, -0.25) is 9.59 Å². The van der Waals surface area contributed by atoms with E-state index in [1.54, 1.807) is 10.9 Å². The Morgan fingerprint density at radius 1 is 1.47 bits per heavy atom. The van der Waals surface area contributed by atoms with E-state index >= 15 is 0 Å². The molecule has 0 spiro atoms. The molecule has 1 aliphatic carbocycles. The van der Waals surface area contributed by atoms with Crippen molar-refractivity contribution in [3.63, 3.8) is 0 Å². The summed E-state index contributed by atoms with van der Waals surface area (Å²) in [7, 11) is 0. The van der Waals surface area contributed by atoms with E-state index in [2.05, 4.69) is 10.3 Å². The fraction of sp³-hybridized carbons (Fsp3) is 0.500. The summed E-state index contributed by atoms with van der Waals surface area (Å²) in [6.07, 6.45) is 2.69. The van der Waals surface area contributed by atoms with E-state index in [9.17, 15) is 9.59 Å². The number of thiazole rings is 1. The number of hydrogen-bond donors (Lipinski definition) is 1. The summed E-state index contributed by atoms with van der Waals surface area (Å²) < 4.78 is 0. The Kier molecular flexibility index (Phi) is 3.11. The molecule has 0 bridgehead atoms. The van der Waals surface area contributed by atoms with Gasteiger partial charge in [-0.25, -0.2) is 4.98 Å². The Hall–Kier alpha value is -1.23. The smallest absolute Gasteiger partial charge is 0.270 e. The van der Waals surface area contributed by atoms with Crippen LogP contribution >= 0.6 is 11.3 Å². The molecular weight excluding hydrogens is 212 g/mol. The van der Waals surface area contributed by atoms with E-state index in [1.807, 2.05) is 0 Å². The lowest BCUT2D eigenvalue weighted by Gasteiger charge is -2.21. The first kappa shape index (κ1) is 10.3. The number of Topliss-reactive ketones (excluding diaryl/α,β-unsaturated/α-hetero) is 1. The number of nitrogens with one attached hydrogen (secondary N) is 1. The van der Waals surface area contributed by atoms with Gasteiger partial charge in [-0.05, 0) is 12.8 Å². The average Bonchev–Trinajstić information content (AvgIpc) is 2.74. The predicted molar refractivity (Wildman–Crippen MR) is 56.8 cm³/mol. The van der Waals surface area contributed by atoms with Gasteiger partial charge in [0.25, 0.3) is 5.91 Å². The molecule has 15 heavy (non-hydrogen) atoms. The molecule has 1 aromatic rings. The number of hydrogen-bond acceptors (Lipinski definition) is 4. The fourth-order valence-electron chi connectivity index (χ4n) is 1.67. The first-order chi connectivity index (χ1) is 7.25. The van der Waals surface area contributed by atoms with Crippen LogP contribution in [0.3, 0.4) is 0 Å². The van der Waals surface area contributed by atoms with E-state index in [0.717, 1.165) is 12.8 Å². The zero-order chi connectivity index (χ0) is 10.7. The second-order valence-electron chi connectivity index (χ2n) is 3.66. The van der Waals surface area contributed by atoms with Gasteiger partial charge in [0.1, 0.15) is 11.5 Å². The molecule has 2 rings (SSSR count). The Morgan fingerprint density at radius 3 is 2.80 bits per heavy atom. The van der Waals surface area contributed by atoms with Crippen molar-refractivity contribution in [3.05, 3.63) is 16.6 Å². The van der Waals surface area contributed by atoms with Crippen molar-refractivity contribution >= 4 is 23.0 Å². The molecule has 1 fully saturated rings. The molecule has 1 heterocycles. The van der Waals surface area contributed by atoms with Crippen LogP contribution in [-0.2, 0) is 4.79 Å². The van der Waals surface area contributed by atoms with Crippen LogP contribution in [0.4, 0.5) is 0 Å². The topological polar surface area (TPSA) is 59.1 Å². The van der Waals surface area contributed by atoms with E-state index in [-0.39, 0.29) is 11.9 Å². The molecule has 0 atom stereocenters. The molecule has 0 aromatic carbocycles. The molecule has 0 saturated heterocycles. The molecule has 80 valence electrons. The molecule has 0 unspecified atom stereocenters. The quantitative estimate of drug-likeness (QED) is 0.825. The highest BCUT2D eigenvalue weighted by atomic mass is 32.1. The molecule has 0 radical (unpaired) electrons. The molecular formula is C10H12N2O2S. The monoisotopic (exact) mass is 224 g/mol. The lowest BCUT2D eigenvalue weighted by atomic mass is 9.94. The second-order valence-corrected chi connectivity index (χ2v) is 4.38. The van der Waals surface area contributed by atoms with Crippen LogP contribution in [0.2, 0.25) is 0 Å². The van der Waals surface area contributed by atoms with Gasteiger partial charge in [-0.15, -0.1) is 11.3 Å². The van der Waals surface area contributed by atoms with Gasteiger partial charge >= 0.3 is 0 Å². The third-order valence-corrected chi connectivity index (χ3v) is 3.13. The van der Waals surface area contributed by atoms with Crippen molar-refractivity contribution in [2.75, 3.05) is 0 Å². The number of amides is 1. The predicted octanol–water partition coefficient (Wildman–Crippen LogP) is 1.38. The first-order valence-corrected chi connectivity index (χ1v) is 5.91. The van der Waals surface area contributed by atoms with E-state index < -0.39 is 0 Å². The molecule has 0 aliphatic heterocycles. The molecule has 4 nitrogen and oxygen atoms in total. The number of ketones is 1. The van der Waals surface area contributed by atoms with Gasteiger partial charge in [0, 0.05) is 24.3 Å². The maximum absolute atomic E-state index is 11.6. The highest BCUT2D eigenvalue weighted by Crippen LogP contribution is 2.15. The average molecular weight is 224 g/mol. The molecule has 1 saturated carbocycles. The van der Waals surface area contributed by atoms with Gasteiger partial charge in [0.2, 0.25) is 0 Å². The van der Waals surface area contributed by atoms with E-state index in [4.69, 9.17) is 0 Å². The molecule has 1 aromatic heterocycles. The molecule has 1 N–H and O–H groups in total. The standard InChI is InChI=1S/C10H12N2O2S/c13-8-3-1-7(2-4-8)12-10(14)9-5-15-6-11-9/h5-7H,1-4H2,(H,12,14). The normalized spacial score (nSPS) is 17.7. The highest BCUT2D eigenvalue weighted by molar-refractivity contribution is 7.07. The van der Waals surface area contributed by atoms with Gasteiger partial charge in [-0.2, -0.15) is 0 Å². The molecule has 1 aliphatic rings. The van der Waals surface area contributed by atoms with Crippen LogP contribution in [0, 0.1) is 0 Å². The van der Waals surface area contributed by atoms with Crippen LogP contribution < -0.4 is 5.32 Å². The summed E-state index contributed by atoms with van der Waals surface area (Å²) in [4.78, 5) is 26.5. The van der Waals surface area contributed by atoms with Gasteiger partial charge in [-0.1, -0.05) is 0 Å². The van der Waals surface area contributed by atoms with Gasteiger partial charge in [0.15, 0.2) is 0 Å². The van der Waals surface area contributed by atoms with Gasteiger partial charge in [0.05, 0.1) is 5.51 Å².